The molecule has 0 bridgehead atoms. The quantitative estimate of drug-likeness (QED) is 0.466. The van der Waals surface area contributed by atoms with E-state index < -0.39 is 0 Å². The fourth-order valence-electron chi connectivity index (χ4n) is 2.00. The van der Waals surface area contributed by atoms with Gasteiger partial charge in [-0.15, -0.1) is 0 Å². The number of hydrogen-bond donors (Lipinski definition) is 1. The minimum Gasteiger partial charge on any atom is -0.469 e. The van der Waals surface area contributed by atoms with Gasteiger partial charge in [0.25, 0.3) is 0 Å². The Morgan fingerprint density at radius 1 is 1.44 bits per heavy atom. The molecule has 1 heterocycles. The maximum absolute atomic E-state index is 11.0. The summed E-state index contributed by atoms with van der Waals surface area (Å²) in [5.41, 5.74) is 0. The Labute approximate surface area is 110 Å². The predicted octanol–water partition coefficient (Wildman–Crippen LogP) is 1.25. The highest BCUT2D eigenvalue weighted by molar-refractivity contribution is 5.80. The number of carbonyl (C=O) groups is 1. The van der Waals surface area contributed by atoms with E-state index in [0.717, 1.165) is 31.5 Å². The van der Waals surface area contributed by atoms with Gasteiger partial charge in [0.1, 0.15) is 0 Å². The van der Waals surface area contributed by atoms with Crippen LogP contribution in [0, 0.1) is 5.92 Å². The first-order valence-corrected chi connectivity index (χ1v) is 6.77. The maximum Gasteiger partial charge on any atom is 0.307 e. The van der Waals surface area contributed by atoms with Crippen molar-refractivity contribution < 1.29 is 9.53 Å². The van der Waals surface area contributed by atoms with Crippen LogP contribution in [-0.2, 0) is 9.53 Å². The van der Waals surface area contributed by atoms with Crippen molar-refractivity contribution in [1.29, 1.82) is 0 Å². The summed E-state index contributed by atoms with van der Waals surface area (Å²) < 4.78 is 4.61. The highest BCUT2D eigenvalue weighted by Gasteiger charge is 2.18. The molecular formula is C13H25N3O2. The minimum atomic E-state index is -0.207. The van der Waals surface area contributed by atoms with E-state index in [2.05, 4.69) is 33.8 Å². The molecule has 1 aliphatic rings. The van der Waals surface area contributed by atoms with Gasteiger partial charge in [0.2, 0.25) is 0 Å². The summed E-state index contributed by atoms with van der Waals surface area (Å²) in [6.07, 6.45) is 2.76. The van der Waals surface area contributed by atoms with E-state index in [1.807, 2.05) is 0 Å². The number of aliphatic imine (C=N–C) groups is 1. The largest absolute Gasteiger partial charge is 0.469 e. The molecule has 0 unspecified atom stereocenters. The molecule has 0 aromatic rings. The summed E-state index contributed by atoms with van der Waals surface area (Å²) in [5.74, 6) is 1.52. The second-order valence-corrected chi connectivity index (χ2v) is 4.73. The van der Waals surface area contributed by atoms with Crippen LogP contribution in [0.1, 0.15) is 33.1 Å². The smallest absolute Gasteiger partial charge is 0.307 e. The van der Waals surface area contributed by atoms with Crippen LogP contribution in [0.4, 0.5) is 0 Å². The molecule has 1 rings (SSSR count). The van der Waals surface area contributed by atoms with Crippen LogP contribution in [0.5, 0.6) is 0 Å². The molecule has 0 amide bonds. The number of piperidine rings is 1. The van der Waals surface area contributed by atoms with Crippen LogP contribution in [0.3, 0.4) is 0 Å². The van der Waals surface area contributed by atoms with Gasteiger partial charge in [-0.3, -0.25) is 9.79 Å². The molecule has 1 aliphatic heterocycles. The van der Waals surface area contributed by atoms with Gasteiger partial charge in [0, 0.05) is 19.6 Å². The van der Waals surface area contributed by atoms with Gasteiger partial charge >= 0.3 is 5.97 Å². The highest BCUT2D eigenvalue weighted by Crippen LogP contribution is 2.15. The number of guanidine groups is 1. The minimum absolute atomic E-state index is 0.207. The van der Waals surface area contributed by atoms with E-state index in [1.165, 1.54) is 20.0 Å². The lowest BCUT2D eigenvalue weighted by molar-refractivity contribution is -0.140. The summed E-state index contributed by atoms with van der Waals surface area (Å²) in [7, 11) is 1.41. The molecule has 0 atom stereocenters. The van der Waals surface area contributed by atoms with E-state index >= 15 is 0 Å². The van der Waals surface area contributed by atoms with Gasteiger partial charge in [-0.2, -0.15) is 0 Å². The molecule has 0 aliphatic carbocycles. The first-order valence-electron chi connectivity index (χ1n) is 6.77. The van der Waals surface area contributed by atoms with Gasteiger partial charge in [0.15, 0.2) is 5.96 Å². The molecule has 0 radical (unpaired) electrons. The highest BCUT2D eigenvalue weighted by atomic mass is 16.5. The molecule has 5 heteroatoms. The Morgan fingerprint density at radius 2 is 2.11 bits per heavy atom. The van der Waals surface area contributed by atoms with Crippen molar-refractivity contribution in [2.75, 3.05) is 33.3 Å². The number of nitrogens with one attached hydrogen (secondary N) is 1. The summed E-state index contributed by atoms with van der Waals surface area (Å²) in [4.78, 5) is 17.8. The molecule has 0 aromatic carbocycles. The van der Waals surface area contributed by atoms with E-state index in [1.54, 1.807) is 0 Å². The van der Waals surface area contributed by atoms with Crippen LogP contribution in [-0.4, -0.2) is 50.1 Å². The number of hydrogen-bond acceptors (Lipinski definition) is 3. The lowest BCUT2D eigenvalue weighted by atomic mass is 10.00. The molecule has 0 aromatic heterocycles. The number of rotatable bonds is 4. The first kappa shape index (κ1) is 14.8. The standard InChI is InChI=1S/C13H25N3O2/c1-4-14-13(15-8-5-12(17)18-3)16-9-6-11(2)7-10-16/h11H,4-10H2,1-3H3,(H,14,15). The third-order valence-corrected chi connectivity index (χ3v) is 3.22. The third-order valence-electron chi connectivity index (χ3n) is 3.22. The topological polar surface area (TPSA) is 53.9 Å². The van der Waals surface area contributed by atoms with Crippen LogP contribution >= 0.6 is 0 Å². The molecule has 1 saturated heterocycles. The van der Waals surface area contributed by atoms with Gasteiger partial charge in [-0.1, -0.05) is 6.92 Å². The van der Waals surface area contributed by atoms with E-state index in [0.29, 0.717) is 13.0 Å². The van der Waals surface area contributed by atoms with Crippen molar-refractivity contribution in [3.05, 3.63) is 0 Å². The van der Waals surface area contributed by atoms with Gasteiger partial charge < -0.3 is 15.0 Å². The lowest BCUT2D eigenvalue weighted by Gasteiger charge is -2.32. The summed E-state index contributed by atoms with van der Waals surface area (Å²) in [6.45, 7) is 7.78. The zero-order valence-electron chi connectivity index (χ0n) is 11.7. The van der Waals surface area contributed by atoms with Crippen molar-refractivity contribution in [2.24, 2.45) is 10.9 Å². The number of carbonyl (C=O) groups excluding carboxylic acids is 1. The van der Waals surface area contributed by atoms with E-state index in [9.17, 15) is 4.79 Å². The van der Waals surface area contributed by atoms with Crippen molar-refractivity contribution in [2.45, 2.75) is 33.1 Å². The second-order valence-electron chi connectivity index (χ2n) is 4.73. The molecular weight excluding hydrogens is 230 g/mol. The zero-order chi connectivity index (χ0) is 13.4. The van der Waals surface area contributed by atoms with Crippen LogP contribution in [0.25, 0.3) is 0 Å². The SMILES string of the molecule is CCNC(=NCCC(=O)OC)N1CCC(C)CC1. The number of methoxy groups -OCH3 is 1. The fourth-order valence-corrected chi connectivity index (χ4v) is 2.00. The summed E-state index contributed by atoms with van der Waals surface area (Å²) >= 11 is 0. The van der Waals surface area contributed by atoms with Crippen molar-refractivity contribution in [1.82, 2.24) is 10.2 Å². The molecule has 5 nitrogen and oxygen atoms in total. The molecule has 0 saturated carbocycles. The average Bonchev–Trinajstić information content (AvgIpc) is 2.38. The summed E-state index contributed by atoms with van der Waals surface area (Å²) in [5, 5.41) is 3.28. The van der Waals surface area contributed by atoms with Crippen molar-refractivity contribution in [3.8, 4) is 0 Å². The van der Waals surface area contributed by atoms with E-state index in [4.69, 9.17) is 0 Å². The Bertz CT molecular complexity index is 284. The third kappa shape index (κ3) is 4.94. The zero-order valence-corrected chi connectivity index (χ0v) is 11.7. The molecule has 1 fully saturated rings. The number of esters is 1. The maximum atomic E-state index is 11.0. The first-order chi connectivity index (χ1) is 8.67. The monoisotopic (exact) mass is 255 g/mol. The van der Waals surface area contributed by atoms with Crippen LogP contribution in [0.15, 0.2) is 4.99 Å². The van der Waals surface area contributed by atoms with Gasteiger partial charge in [-0.05, 0) is 25.7 Å². The average molecular weight is 255 g/mol. The number of likely N-dealkylation sites (tertiary alicyclic amines) is 1. The Hall–Kier alpha value is -1.26. The van der Waals surface area contributed by atoms with Crippen molar-refractivity contribution in [3.63, 3.8) is 0 Å². The van der Waals surface area contributed by atoms with E-state index in [-0.39, 0.29) is 5.97 Å². The number of nitrogens with zero attached hydrogens (tertiary/aromatic N) is 2. The molecule has 1 N–H and O–H groups in total. The van der Waals surface area contributed by atoms with Gasteiger partial charge in [-0.25, -0.2) is 0 Å². The lowest BCUT2D eigenvalue weighted by Crippen LogP contribution is -2.45. The van der Waals surface area contributed by atoms with Gasteiger partial charge in [0.05, 0.1) is 20.1 Å². The predicted molar refractivity (Wildman–Crippen MR) is 72.6 cm³/mol. The Balaban J connectivity index is 2.47. The van der Waals surface area contributed by atoms with Crippen LogP contribution in [0.2, 0.25) is 0 Å². The number of ether oxygens (including phenoxy) is 1. The Kier molecular flexibility index (Phi) is 6.54. The molecule has 104 valence electrons. The summed E-state index contributed by atoms with van der Waals surface area (Å²) in [6, 6.07) is 0. The van der Waals surface area contributed by atoms with Crippen molar-refractivity contribution >= 4 is 11.9 Å². The second kappa shape index (κ2) is 7.95. The Morgan fingerprint density at radius 3 is 2.67 bits per heavy atom. The van der Waals surface area contributed by atoms with Crippen LogP contribution < -0.4 is 5.32 Å². The fraction of sp³-hybridized carbons (Fsp3) is 0.846. The normalized spacial score (nSPS) is 17.7. The molecule has 0 spiro atoms. The molecule has 18 heavy (non-hydrogen) atoms.